The number of hydrogen-bond acceptors (Lipinski definition) is 3. The molecule has 4 heteroatoms. The van der Waals surface area contributed by atoms with Gasteiger partial charge in [0.1, 0.15) is 0 Å². The molecule has 0 saturated carbocycles. The van der Waals surface area contributed by atoms with Crippen LogP contribution in [-0.2, 0) is 5.16 Å². The lowest BCUT2D eigenvalue weighted by Crippen LogP contribution is -2.20. The number of phenolic OH excluding ortho intramolecular Hbond substituents is 1. The van der Waals surface area contributed by atoms with Crippen molar-refractivity contribution in [1.82, 2.24) is 0 Å². The maximum Gasteiger partial charge on any atom is 0.161 e. The average Bonchev–Trinajstić information content (AvgIpc) is 2.57. The molecule has 2 aromatic carbocycles. The Bertz CT molecular complexity index is 700. The van der Waals surface area contributed by atoms with Gasteiger partial charge in [-0.1, -0.05) is 58.8 Å². The van der Waals surface area contributed by atoms with E-state index in [2.05, 4.69) is 37.0 Å². The van der Waals surface area contributed by atoms with Crippen LogP contribution in [0.25, 0.3) is 0 Å². The first kappa shape index (κ1) is 17.5. The van der Waals surface area contributed by atoms with E-state index in [1.54, 1.807) is 20.2 Å². The lowest BCUT2D eigenvalue weighted by molar-refractivity contribution is 0.367. The highest BCUT2D eigenvalue weighted by molar-refractivity contribution is 7.48. The molecule has 2 unspecified atom stereocenters. The second kappa shape index (κ2) is 7.61. The zero-order valence-corrected chi connectivity index (χ0v) is 15.1. The average molecular weight is 329 g/mol. The Morgan fingerprint density at radius 1 is 1.22 bits per heavy atom. The first-order valence-corrected chi connectivity index (χ1v) is 8.71. The van der Waals surface area contributed by atoms with Gasteiger partial charge in [-0.15, -0.1) is 0 Å². The Hall–Kier alpha value is -1.86. The van der Waals surface area contributed by atoms with Crippen molar-refractivity contribution in [2.45, 2.75) is 25.4 Å². The summed E-state index contributed by atoms with van der Waals surface area (Å²) in [5.74, 6) is 0.767. The number of para-hydroxylation sites is 1. The number of methoxy groups -OCH3 is 1. The van der Waals surface area contributed by atoms with Crippen molar-refractivity contribution < 1.29 is 9.84 Å². The molecular formula is C19H24NO2P. The van der Waals surface area contributed by atoms with Gasteiger partial charge >= 0.3 is 0 Å². The van der Waals surface area contributed by atoms with Crippen molar-refractivity contribution in [1.29, 1.82) is 0 Å². The van der Waals surface area contributed by atoms with Crippen LogP contribution in [0.1, 0.15) is 31.4 Å². The van der Waals surface area contributed by atoms with E-state index >= 15 is 0 Å². The van der Waals surface area contributed by atoms with Gasteiger partial charge in [-0.25, -0.2) is 0 Å². The van der Waals surface area contributed by atoms with E-state index in [9.17, 15) is 5.11 Å². The summed E-state index contributed by atoms with van der Waals surface area (Å²) in [6.07, 6.45) is 2.81. The van der Waals surface area contributed by atoms with E-state index in [1.807, 2.05) is 24.4 Å². The molecule has 0 aliphatic rings. The van der Waals surface area contributed by atoms with E-state index in [-0.39, 0.29) is 10.9 Å². The van der Waals surface area contributed by atoms with Crippen LogP contribution in [0.2, 0.25) is 0 Å². The molecule has 0 fully saturated rings. The van der Waals surface area contributed by atoms with Crippen LogP contribution >= 0.6 is 8.58 Å². The molecule has 2 aromatic rings. The van der Waals surface area contributed by atoms with Gasteiger partial charge in [0, 0.05) is 24.0 Å². The van der Waals surface area contributed by atoms with Gasteiger partial charge in [-0.3, -0.25) is 4.99 Å². The zero-order valence-electron chi connectivity index (χ0n) is 14.1. The quantitative estimate of drug-likeness (QED) is 0.641. The molecule has 2 atom stereocenters. The van der Waals surface area contributed by atoms with E-state index in [4.69, 9.17) is 4.74 Å². The molecule has 122 valence electrons. The summed E-state index contributed by atoms with van der Waals surface area (Å²) in [6.45, 7) is 4.35. The number of aliphatic imine (C=N–C) groups is 1. The third kappa shape index (κ3) is 3.73. The zero-order chi connectivity index (χ0) is 16.9. The van der Waals surface area contributed by atoms with Crippen LogP contribution in [0.4, 0.5) is 0 Å². The van der Waals surface area contributed by atoms with Crippen LogP contribution < -0.4 is 10.0 Å². The molecule has 0 aliphatic carbocycles. The minimum atomic E-state index is -0.156. The summed E-state index contributed by atoms with van der Waals surface area (Å²) in [4.78, 5) is 4.15. The summed E-state index contributed by atoms with van der Waals surface area (Å²) in [6, 6.07) is 14.0. The summed E-state index contributed by atoms with van der Waals surface area (Å²) in [5, 5.41) is 11.7. The van der Waals surface area contributed by atoms with Gasteiger partial charge < -0.3 is 9.84 Å². The van der Waals surface area contributed by atoms with Gasteiger partial charge in [-0.05, 0) is 23.4 Å². The molecule has 0 saturated heterocycles. The number of nitrogens with zero attached hydrogens (tertiary/aromatic N) is 1. The Balaban J connectivity index is 2.47. The second-order valence-corrected chi connectivity index (χ2v) is 7.53. The van der Waals surface area contributed by atoms with E-state index < -0.39 is 0 Å². The van der Waals surface area contributed by atoms with Crippen molar-refractivity contribution in [3.63, 3.8) is 0 Å². The van der Waals surface area contributed by atoms with Crippen LogP contribution in [0, 0.1) is 0 Å². The SMILES string of the molecule is CCC(C)(Pc1ccccc1C=NC)c1cccc(OC)c1O. The Kier molecular flexibility index (Phi) is 5.79. The smallest absolute Gasteiger partial charge is 0.161 e. The second-order valence-electron chi connectivity index (χ2n) is 5.64. The molecule has 0 bridgehead atoms. The summed E-state index contributed by atoms with van der Waals surface area (Å²) < 4.78 is 5.27. The molecule has 0 heterocycles. The number of hydrogen-bond donors (Lipinski definition) is 1. The molecule has 0 radical (unpaired) electrons. The minimum absolute atomic E-state index is 0.156. The van der Waals surface area contributed by atoms with E-state index in [1.165, 1.54) is 5.30 Å². The van der Waals surface area contributed by atoms with Crippen molar-refractivity contribution in [2.24, 2.45) is 4.99 Å². The molecule has 0 spiro atoms. The van der Waals surface area contributed by atoms with Gasteiger partial charge in [0.25, 0.3) is 0 Å². The van der Waals surface area contributed by atoms with Crippen LogP contribution in [0.3, 0.4) is 0 Å². The highest BCUT2D eigenvalue weighted by Crippen LogP contribution is 2.49. The summed E-state index contributed by atoms with van der Waals surface area (Å²) in [5.41, 5.74) is 2.07. The maximum absolute atomic E-state index is 10.6. The van der Waals surface area contributed by atoms with Crippen LogP contribution in [0.15, 0.2) is 47.5 Å². The minimum Gasteiger partial charge on any atom is -0.504 e. The third-order valence-electron chi connectivity index (χ3n) is 4.16. The maximum atomic E-state index is 10.6. The van der Waals surface area contributed by atoms with Crippen LogP contribution in [-0.4, -0.2) is 25.5 Å². The summed E-state index contributed by atoms with van der Waals surface area (Å²) >= 11 is 0. The molecule has 3 nitrogen and oxygen atoms in total. The third-order valence-corrected chi connectivity index (χ3v) is 6.06. The first-order chi connectivity index (χ1) is 11.1. The molecule has 0 amide bonds. The number of rotatable bonds is 6. The van der Waals surface area contributed by atoms with Crippen molar-refractivity contribution in [2.75, 3.05) is 14.2 Å². The van der Waals surface area contributed by atoms with Crippen molar-refractivity contribution in [3.8, 4) is 11.5 Å². The number of benzene rings is 2. The Morgan fingerprint density at radius 2 is 1.96 bits per heavy atom. The predicted octanol–water partition coefficient (Wildman–Crippen LogP) is 4.08. The lowest BCUT2D eigenvalue weighted by atomic mass is 9.96. The Labute approximate surface area is 140 Å². The standard InChI is InChI=1S/C19H24NO2P/c1-5-19(2,15-10-8-11-16(22-4)18(15)21)23-17-12-7-6-9-14(17)13-20-3/h6-13,21,23H,5H2,1-4H3. The van der Waals surface area contributed by atoms with Crippen LogP contribution in [0.5, 0.6) is 11.5 Å². The van der Waals surface area contributed by atoms with Crippen molar-refractivity contribution >= 4 is 20.1 Å². The molecule has 2 rings (SSSR count). The molecule has 0 aliphatic heterocycles. The van der Waals surface area contributed by atoms with Gasteiger partial charge in [0.15, 0.2) is 11.5 Å². The summed E-state index contributed by atoms with van der Waals surface area (Å²) in [7, 11) is 3.89. The molecule has 1 N–H and O–H groups in total. The largest absolute Gasteiger partial charge is 0.504 e. The van der Waals surface area contributed by atoms with E-state index in [0.29, 0.717) is 14.3 Å². The fourth-order valence-corrected chi connectivity index (χ4v) is 4.22. The Morgan fingerprint density at radius 3 is 2.61 bits per heavy atom. The lowest BCUT2D eigenvalue weighted by Gasteiger charge is -2.31. The highest BCUT2D eigenvalue weighted by Gasteiger charge is 2.29. The molecule has 0 aromatic heterocycles. The van der Waals surface area contributed by atoms with Gasteiger partial charge in [0.2, 0.25) is 0 Å². The van der Waals surface area contributed by atoms with Crippen molar-refractivity contribution in [3.05, 3.63) is 53.6 Å². The highest BCUT2D eigenvalue weighted by atomic mass is 31.1. The first-order valence-electron chi connectivity index (χ1n) is 7.71. The predicted molar refractivity (Wildman–Crippen MR) is 100 cm³/mol. The fraction of sp³-hybridized carbons (Fsp3) is 0.316. The topological polar surface area (TPSA) is 41.8 Å². The van der Waals surface area contributed by atoms with Gasteiger partial charge in [0.05, 0.1) is 7.11 Å². The molecular weight excluding hydrogens is 305 g/mol. The monoisotopic (exact) mass is 329 g/mol. The van der Waals surface area contributed by atoms with Gasteiger partial charge in [-0.2, -0.15) is 0 Å². The normalized spacial score (nSPS) is 14.4. The number of phenols is 1. The fourth-order valence-electron chi connectivity index (χ4n) is 2.64. The number of aromatic hydroxyl groups is 1. The van der Waals surface area contributed by atoms with E-state index in [0.717, 1.165) is 17.5 Å². The molecule has 23 heavy (non-hydrogen) atoms. The number of ether oxygens (including phenoxy) is 1.